The standard InChI is InChI=1S/C16H19NO5S3/c1-22-13-6-4-12(5-7-13)9-17-14-10-24(18,19)11-15(14)25(20,21)16-3-2-8-23-16/h2-8,14-15,17H,9-11H2,1H3/t14-,15-/m1/s1. The van der Waals surface area contributed by atoms with Gasteiger partial charge in [-0.05, 0) is 29.1 Å². The Morgan fingerprint density at radius 1 is 1.20 bits per heavy atom. The van der Waals surface area contributed by atoms with Crippen molar-refractivity contribution in [3.05, 3.63) is 47.3 Å². The van der Waals surface area contributed by atoms with E-state index in [1.165, 1.54) is 6.07 Å². The number of rotatable bonds is 6. The first-order chi connectivity index (χ1) is 11.8. The number of thiophene rings is 1. The molecule has 0 radical (unpaired) electrons. The summed E-state index contributed by atoms with van der Waals surface area (Å²) in [5, 5.41) is 3.83. The molecule has 1 saturated heterocycles. The van der Waals surface area contributed by atoms with Crippen LogP contribution in [-0.4, -0.2) is 46.7 Å². The molecule has 0 bridgehead atoms. The molecular weight excluding hydrogens is 382 g/mol. The van der Waals surface area contributed by atoms with Gasteiger partial charge in [0.2, 0.25) is 0 Å². The lowest BCUT2D eigenvalue weighted by atomic mass is 10.2. The van der Waals surface area contributed by atoms with E-state index in [2.05, 4.69) is 5.32 Å². The molecular formula is C16H19NO5S3. The van der Waals surface area contributed by atoms with E-state index >= 15 is 0 Å². The Kier molecular flexibility index (Phi) is 5.19. The van der Waals surface area contributed by atoms with Crippen molar-refractivity contribution in [1.82, 2.24) is 5.32 Å². The Balaban J connectivity index is 1.78. The Hall–Kier alpha value is -1.42. The summed E-state index contributed by atoms with van der Waals surface area (Å²) in [6.45, 7) is 0.390. The molecule has 136 valence electrons. The molecule has 0 saturated carbocycles. The topological polar surface area (TPSA) is 89.5 Å². The zero-order valence-electron chi connectivity index (χ0n) is 13.6. The highest BCUT2D eigenvalue weighted by Crippen LogP contribution is 2.28. The van der Waals surface area contributed by atoms with Crippen molar-refractivity contribution in [3.8, 4) is 5.75 Å². The average molecular weight is 402 g/mol. The van der Waals surface area contributed by atoms with Gasteiger partial charge in [-0.2, -0.15) is 0 Å². The van der Waals surface area contributed by atoms with E-state index in [1.54, 1.807) is 18.6 Å². The lowest BCUT2D eigenvalue weighted by molar-refractivity contribution is 0.414. The Morgan fingerprint density at radius 2 is 1.92 bits per heavy atom. The normalized spacial score (nSPS) is 22.8. The maximum atomic E-state index is 12.8. The van der Waals surface area contributed by atoms with Crippen molar-refractivity contribution in [2.45, 2.75) is 22.0 Å². The van der Waals surface area contributed by atoms with Gasteiger partial charge in [-0.1, -0.05) is 18.2 Å². The molecule has 25 heavy (non-hydrogen) atoms. The molecule has 3 rings (SSSR count). The second-order valence-corrected chi connectivity index (χ2v) is 11.4. The van der Waals surface area contributed by atoms with Crippen molar-refractivity contribution in [1.29, 1.82) is 0 Å². The number of hydrogen-bond acceptors (Lipinski definition) is 7. The number of ether oxygens (including phenoxy) is 1. The van der Waals surface area contributed by atoms with E-state index in [0.29, 0.717) is 6.54 Å². The van der Waals surface area contributed by atoms with Gasteiger partial charge in [0.1, 0.15) is 9.96 Å². The summed E-state index contributed by atoms with van der Waals surface area (Å²) < 4.78 is 55.0. The smallest absolute Gasteiger partial charge is 0.193 e. The summed E-state index contributed by atoms with van der Waals surface area (Å²) >= 11 is 1.11. The van der Waals surface area contributed by atoms with Gasteiger partial charge in [0.15, 0.2) is 19.7 Å². The summed E-state index contributed by atoms with van der Waals surface area (Å²) in [7, 11) is -5.48. The van der Waals surface area contributed by atoms with Gasteiger partial charge in [-0.25, -0.2) is 16.8 Å². The van der Waals surface area contributed by atoms with Crippen LogP contribution in [0.5, 0.6) is 5.75 Å². The summed E-state index contributed by atoms with van der Waals surface area (Å²) in [4.78, 5) is 0. The summed E-state index contributed by atoms with van der Waals surface area (Å²) in [5.74, 6) is 0.219. The van der Waals surface area contributed by atoms with E-state index in [9.17, 15) is 16.8 Å². The van der Waals surface area contributed by atoms with Crippen molar-refractivity contribution >= 4 is 31.0 Å². The predicted octanol–water partition coefficient (Wildman–Crippen LogP) is 1.49. The molecule has 2 atom stereocenters. The van der Waals surface area contributed by atoms with E-state index in [4.69, 9.17) is 4.74 Å². The van der Waals surface area contributed by atoms with Crippen molar-refractivity contribution in [2.24, 2.45) is 0 Å². The zero-order chi connectivity index (χ0) is 18.1. The van der Waals surface area contributed by atoms with Gasteiger partial charge in [-0.15, -0.1) is 11.3 Å². The van der Waals surface area contributed by atoms with E-state index in [1.807, 2.05) is 24.3 Å². The molecule has 0 amide bonds. The zero-order valence-corrected chi connectivity index (χ0v) is 16.0. The molecule has 1 aromatic heterocycles. The highest BCUT2D eigenvalue weighted by atomic mass is 32.2. The summed E-state index contributed by atoms with van der Waals surface area (Å²) in [6.07, 6.45) is 0. The molecule has 1 aliphatic heterocycles. The maximum Gasteiger partial charge on any atom is 0.193 e. The monoisotopic (exact) mass is 401 g/mol. The molecule has 9 heteroatoms. The van der Waals surface area contributed by atoms with Crippen LogP contribution in [0.2, 0.25) is 0 Å². The van der Waals surface area contributed by atoms with Crippen molar-refractivity contribution in [2.75, 3.05) is 18.6 Å². The Morgan fingerprint density at radius 3 is 2.52 bits per heavy atom. The predicted molar refractivity (Wildman–Crippen MR) is 97.6 cm³/mol. The SMILES string of the molecule is COc1ccc(CN[C@@H]2CS(=O)(=O)C[C@H]2S(=O)(=O)c2cccs2)cc1. The number of methoxy groups -OCH3 is 1. The minimum atomic E-state index is -3.67. The van der Waals surface area contributed by atoms with Gasteiger partial charge in [0.25, 0.3) is 0 Å². The first-order valence-electron chi connectivity index (χ1n) is 7.66. The lowest BCUT2D eigenvalue weighted by Crippen LogP contribution is -2.42. The van der Waals surface area contributed by atoms with Crippen LogP contribution in [0.1, 0.15) is 5.56 Å². The highest BCUT2D eigenvalue weighted by molar-refractivity contribution is 7.97. The largest absolute Gasteiger partial charge is 0.497 e. The average Bonchev–Trinajstić information content (AvgIpc) is 3.21. The third-order valence-electron chi connectivity index (χ3n) is 4.20. The molecule has 1 N–H and O–H groups in total. The van der Waals surface area contributed by atoms with Crippen LogP contribution in [0.15, 0.2) is 46.0 Å². The molecule has 0 spiro atoms. The van der Waals surface area contributed by atoms with E-state index < -0.39 is 31.0 Å². The second kappa shape index (κ2) is 7.06. The second-order valence-electron chi connectivity index (χ2n) is 5.93. The first-order valence-corrected chi connectivity index (χ1v) is 11.9. The summed E-state index contributed by atoms with van der Waals surface area (Å²) in [6, 6.07) is 9.88. The van der Waals surface area contributed by atoms with E-state index in [0.717, 1.165) is 22.6 Å². The molecule has 0 unspecified atom stereocenters. The molecule has 6 nitrogen and oxygen atoms in total. The third-order valence-corrected chi connectivity index (χ3v) is 9.78. The van der Waals surface area contributed by atoms with Crippen LogP contribution in [0.4, 0.5) is 0 Å². The first kappa shape index (κ1) is 18.4. The van der Waals surface area contributed by atoms with Crippen LogP contribution < -0.4 is 10.1 Å². The fourth-order valence-corrected chi connectivity index (χ4v) is 8.82. The van der Waals surface area contributed by atoms with Gasteiger partial charge >= 0.3 is 0 Å². The number of nitrogens with one attached hydrogen (secondary N) is 1. The van der Waals surface area contributed by atoms with Crippen molar-refractivity contribution in [3.63, 3.8) is 0 Å². The van der Waals surface area contributed by atoms with Gasteiger partial charge in [0, 0.05) is 12.6 Å². The van der Waals surface area contributed by atoms with Crippen LogP contribution in [0, 0.1) is 0 Å². The fourth-order valence-electron chi connectivity index (χ4n) is 2.88. The lowest BCUT2D eigenvalue weighted by Gasteiger charge is -2.19. The van der Waals surface area contributed by atoms with Crippen LogP contribution in [0.3, 0.4) is 0 Å². The molecule has 0 aliphatic carbocycles. The fraction of sp³-hybridized carbons (Fsp3) is 0.375. The number of hydrogen-bond donors (Lipinski definition) is 1. The summed E-state index contributed by atoms with van der Waals surface area (Å²) in [5.41, 5.74) is 0.928. The third kappa shape index (κ3) is 4.05. The van der Waals surface area contributed by atoms with Crippen LogP contribution in [-0.2, 0) is 26.2 Å². The quantitative estimate of drug-likeness (QED) is 0.789. The highest BCUT2D eigenvalue weighted by Gasteiger charge is 2.45. The van der Waals surface area contributed by atoms with Crippen LogP contribution in [0.25, 0.3) is 0 Å². The number of sulfone groups is 2. The van der Waals surface area contributed by atoms with Crippen LogP contribution >= 0.6 is 11.3 Å². The molecule has 2 aromatic rings. The molecule has 1 aromatic carbocycles. The van der Waals surface area contributed by atoms with Gasteiger partial charge in [-0.3, -0.25) is 0 Å². The van der Waals surface area contributed by atoms with E-state index in [-0.39, 0.29) is 15.7 Å². The molecule has 2 heterocycles. The van der Waals surface area contributed by atoms with Gasteiger partial charge in [0.05, 0.1) is 23.9 Å². The minimum Gasteiger partial charge on any atom is -0.497 e. The molecule has 1 aliphatic rings. The Labute approximate surface area is 151 Å². The number of benzene rings is 1. The van der Waals surface area contributed by atoms with Crippen molar-refractivity contribution < 1.29 is 21.6 Å². The Bertz CT molecular complexity index is 919. The van der Waals surface area contributed by atoms with Gasteiger partial charge < -0.3 is 10.1 Å². The minimum absolute atomic E-state index is 0.168. The maximum absolute atomic E-state index is 12.8. The molecule has 1 fully saturated rings.